The molecule has 1 aliphatic heterocycles. The normalized spacial score (nSPS) is 14.4. The summed E-state index contributed by atoms with van der Waals surface area (Å²) in [4.78, 5) is 15.5. The first-order valence-corrected chi connectivity index (χ1v) is 16.8. The SMILES string of the molecule is C1=CC(c2cccc(-c3cccc(-n4c5ccccc5c5ccccc54)n3)n2)NC(c2cccc(-n3c4ccccc4c4ccccc43)n2)=C1. The molecule has 0 radical (unpaired) electrons. The van der Waals surface area contributed by atoms with Crippen LogP contribution >= 0.6 is 0 Å². The third kappa shape index (κ3) is 4.54. The minimum absolute atomic E-state index is 0.130. The molecule has 0 bridgehead atoms. The Balaban J connectivity index is 0.976. The number of hydrogen-bond donors (Lipinski definition) is 1. The van der Waals surface area contributed by atoms with Crippen LogP contribution in [0.1, 0.15) is 17.4 Å². The number of benzene rings is 4. The van der Waals surface area contributed by atoms with Crippen LogP contribution in [-0.2, 0) is 0 Å². The Bertz CT molecular complexity index is 2710. The lowest BCUT2D eigenvalue weighted by Gasteiger charge is -2.22. The second-order valence-electron chi connectivity index (χ2n) is 12.5. The maximum atomic E-state index is 5.18. The molecule has 6 heterocycles. The number of nitrogens with zero attached hydrogens (tertiary/aromatic N) is 5. The molecule has 0 fully saturated rings. The van der Waals surface area contributed by atoms with Crippen LogP contribution in [0.4, 0.5) is 0 Å². The predicted molar refractivity (Wildman–Crippen MR) is 203 cm³/mol. The van der Waals surface area contributed by atoms with Gasteiger partial charge in [-0.05, 0) is 66.7 Å². The molecule has 6 heteroatoms. The molecule has 0 saturated heterocycles. The Kier molecular flexibility index (Phi) is 6.45. The summed E-state index contributed by atoms with van der Waals surface area (Å²) in [6.45, 7) is 0. The molecule has 9 aromatic rings. The van der Waals surface area contributed by atoms with E-state index in [0.29, 0.717) is 0 Å². The van der Waals surface area contributed by atoms with E-state index in [-0.39, 0.29) is 6.04 Å². The predicted octanol–water partition coefficient (Wildman–Crippen LogP) is 9.97. The highest BCUT2D eigenvalue weighted by Gasteiger charge is 2.19. The van der Waals surface area contributed by atoms with Gasteiger partial charge in [-0.25, -0.2) is 15.0 Å². The monoisotopic (exact) mass is 642 g/mol. The van der Waals surface area contributed by atoms with Crippen molar-refractivity contribution in [1.82, 2.24) is 29.4 Å². The fraction of sp³-hybridized carbons (Fsp3) is 0.0227. The van der Waals surface area contributed by atoms with Crippen LogP contribution in [-0.4, -0.2) is 24.1 Å². The van der Waals surface area contributed by atoms with Gasteiger partial charge in [0.25, 0.3) is 0 Å². The number of rotatable bonds is 5. The summed E-state index contributed by atoms with van der Waals surface area (Å²) in [5.74, 6) is 1.74. The summed E-state index contributed by atoms with van der Waals surface area (Å²) in [5.41, 5.74) is 8.90. The number of dihydropyridines is 1. The maximum Gasteiger partial charge on any atom is 0.138 e. The van der Waals surface area contributed by atoms with Gasteiger partial charge in [0.15, 0.2) is 0 Å². The zero-order valence-electron chi connectivity index (χ0n) is 27.0. The zero-order valence-corrected chi connectivity index (χ0v) is 27.0. The van der Waals surface area contributed by atoms with Gasteiger partial charge in [-0.2, -0.15) is 0 Å². The van der Waals surface area contributed by atoms with Crippen molar-refractivity contribution in [2.45, 2.75) is 6.04 Å². The molecule has 1 aliphatic rings. The Morgan fingerprint density at radius 2 is 0.860 bits per heavy atom. The average molecular weight is 643 g/mol. The van der Waals surface area contributed by atoms with Gasteiger partial charge in [-0.15, -0.1) is 0 Å². The van der Waals surface area contributed by atoms with Crippen LogP contribution < -0.4 is 5.32 Å². The topological polar surface area (TPSA) is 60.6 Å². The lowest BCUT2D eigenvalue weighted by molar-refractivity contribution is 0.734. The Labute approximate surface area is 288 Å². The molecular formula is C44H30N6. The fourth-order valence-corrected chi connectivity index (χ4v) is 7.35. The fourth-order valence-electron chi connectivity index (χ4n) is 7.35. The van der Waals surface area contributed by atoms with Gasteiger partial charge in [-0.3, -0.25) is 9.13 Å². The van der Waals surface area contributed by atoms with Crippen molar-refractivity contribution in [3.63, 3.8) is 0 Å². The van der Waals surface area contributed by atoms with Crippen LogP contribution in [0.5, 0.6) is 0 Å². The largest absolute Gasteiger partial charge is 0.372 e. The Morgan fingerprint density at radius 3 is 1.40 bits per heavy atom. The molecule has 5 aromatic heterocycles. The molecule has 0 spiro atoms. The van der Waals surface area contributed by atoms with Crippen molar-refractivity contribution in [3.05, 3.63) is 181 Å². The first-order chi connectivity index (χ1) is 24.8. The minimum atomic E-state index is -0.130. The van der Waals surface area contributed by atoms with Gasteiger partial charge in [0.2, 0.25) is 0 Å². The molecular weight excluding hydrogens is 613 g/mol. The Morgan fingerprint density at radius 1 is 0.420 bits per heavy atom. The zero-order chi connectivity index (χ0) is 33.0. The van der Waals surface area contributed by atoms with E-state index in [1.807, 2.05) is 12.1 Å². The summed E-state index contributed by atoms with van der Waals surface area (Å²) in [5, 5.41) is 8.56. The maximum absolute atomic E-state index is 5.18. The van der Waals surface area contributed by atoms with E-state index in [1.165, 1.54) is 21.5 Å². The highest BCUT2D eigenvalue weighted by Crippen LogP contribution is 2.34. The average Bonchev–Trinajstić information content (AvgIpc) is 3.71. The molecule has 4 aromatic carbocycles. The summed E-state index contributed by atoms with van der Waals surface area (Å²) < 4.78 is 4.48. The van der Waals surface area contributed by atoms with E-state index >= 15 is 0 Å². The van der Waals surface area contributed by atoms with E-state index in [4.69, 9.17) is 15.0 Å². The van der Waals surface area contributed by atoms with Gasteiger partial charge in [0.1, 0.15) is 11.6 Å². The van der Waals surface area contributed by atoms with E-state index in [9.17, 15) is 0 Å². The standard InChI is InChI=1S/C44H30N6/c1-5-23-39-29(13-1)30-14-2-6-24-40(30)49(39)43-27-11-21-37(47-43)35-19-9-17-33(45-35)34-18-10-20-36(46-34)38-22-12-28-44(48-38)50-41-25-7-3-15-31(41)32-16-4-8-26-42(32)50/h1-28,33,45H. The number of pyridine rings is 3. The van der Waals surface area contributed by atoms with Gasteiger partial charge >= 0.3 is 0 Å². The van der Waals surface area contributed by atoms with E-state index in [0.717, 1.165) is 62.2 Å². The minimum Gasteiger partial charge on any atom is -0.372 e. The van der Waals surface area contributed by atoms with Gasteiger partial charge in [-0.1, -0.05) is 103 Å². The van der Waals surface area contributed by atoms with Gasteiger partial charge in [0, 0.05) is 21.5 Å². The van der Waals surface area contributed by atoms with Crippen LogP contribution in [0.3, 0.4) is 0 Å². The molecule has 0 saturated carbocycles. The quantitative estimate of drug-likeness (QED) is 0.203. The highest BCUT2D eigenvalue weighted by molar-refractivity contribution is 6.10. The molecule has 0 amide bonds. The number of fused-ring (bicyclic) bond motifs is 6. The molecule has 50 heavy (non-hydrogen) atoms. The van der Waals surface area contributed by atoms with E-state index < -0.39 is 0 Å². The lowest BCUT2D eigenvalue weighted by Crippen LogP contribution is -2.22. The smallest absolute Gasteiger partial charge is 0.138 e. The van der Waals surface area contributed by atoms with Crippen LogP contribution in [0.2, 0.25) is 0 Å². The van der Waals surface area contributed by atoms with Gasteiger partial charge in [0.05, 0.1) is 56.6 Å². The summed E-state index contributed by atoms with van der Waals surface area (Å²) in [7, 11) is 0. The van der Waals surface area contributed by atoms with Crippen molar-refractivity contribution in [3.8, 4) is 23.0 Å². The number of para-hydroxylation sites is 4. The third-order valence-corrected chi connectivity index (χ3v) is 9.59. The molecule has 236 valence electrons. The number of aromatic nitrogens is 5. The second-order valence-corrected chi connectivity index (χ2v) is 12.5. The number of hydrogen-bond acceptors (Lipinski definition) is 4. The second kappa shape index (κ2) is 11.4. The number of allylic oxidation sites excluding steroid dienone is 2. The van der Waals surface area contributed by atoms with Crippen LogP contribution in [0, 0.1) is 0 Å². The van der Waals surface area contributed by atoms with Crippen molar-refractivity contribution >= 4 is 49.3 Å². The highest BCUT2D eigenvalue weighted by atomic mass is 15.1. The van der Waals surface area contributed by atoms with Crippen molar-refractivity contribution in [2.24, 2.45) is 0 Å². The third-order valence-electron chi connectivity index (χ3n) is 9.59. The van der Waals surface area contributed by atoms with Crippen molar-refractivity contribution in [1.29, 1.82) is 0 Å². The molecule has 6 nitrogen and oxygen atoms in total. The van der Waals surface area contributed by atoms with Gasteiger partial charge < -0.3 is 5.32 Å². The van der Waals surface area contributed by atoms with Crippen LogP contribution in [0.25, 0.3) is 72.3 Å². The molecule has 1 atom stereocenters. The summed E-state index contributed by atoms with van der Waals surface area (Å²) >= 11 is 0. The summed E-state index contributed by atoms with van der Waals surface area (Å²) in [6.07, 6.45) is 6.30. The van der Waals surface area contributed by atoms with Crippen LogP contribution in [0.15, 0.2) is 170 Å². The number of nitrogens with one attached hydrogen (secondary N) is 1. The molecule has 10 rings (SSSR count). The van der Waals surface area contributed by atoms with Crippen molar-refractivity contribution < 1.29 is 0 Å². The summed E-state index contributed by atoms with van der Waals surface area (Å²) in [6, 6.07) is 52.4. The first kappa shape index (κ1) is 28.2. The van der Waals surface area contributed by atoms with E-state index in [2.05, 4.69) is 172 Å². The molecule has 1 unspecified atom stereocenters. The molecule has 0 aliphatic carbocycles. The molecule has 1 N–H and O–H groups in total. The van der Waals surface area contributed by atoms with Crippen molar-refractivity contribution in [2.75, 3.05) is 0 Å². The first-order valence-electron chi connectivity index (χ1n) is 16.8. The Hall–Kier alpha value is -6.79. The lowest BCUT2D eigenvalue weighted by atomic mass is 10.1. The van der Waals surface area contributed by atoms with E-state index in [1.54, 1.807) is 0 Å².